The molecule has 0 saturated heterocycles. The van der Waals surface area contributed by atoms with Gasteiger partial charge in [-0.05, 0) is 31.5 Å². The summed E-state index contributed by atoms with van der Waals surface area (Å²) in [6, 6.07) is 6.54. The van der Waals surface area contributed by atoms with Crippen LogP contribution in [0.3, 0.4) is 0 Å². The van der Waals surface area contributed by atoms with Crippen molar-refractivity contribution in [2.75, 3.05) is 20.3 Å². The molecule has 4 nitrogen and oxygen atoms in total. The van der Waals surface area contributed by atoms with E-state index in [2.05, 4.69) is 15.6 Å². The minimum atomic E-state index is -0.230. The van der Waals surface area contributed by atoms with Gasteiger partial charge in [-0.3, -0.25) is 0 Å². The highest BCUT2D eigenvalue weighted by atomic mass is 127. The van der Waals surface area contributed by atoms with Crippen LogP contribution in [0.4, 0.5) is 4.39 Å². The van der Waals surface area contributed by atoms with Crippen LogP contribution in [0.1, 0.15) is 19.4 Å². The number of ether oxygens (including phenoxy) is 1. The summed E-state index contributed by atoms with van der Waals surface area (Å²) in [5.74, 6) is 0.503. The predicted molar refractivity (Wildman–Crippen MR) is 91.1 cm³/mol. The van der Waals surface area contributed by atoms with Gasteiger partial charge in [0.1, 0.15) is 5.82 Å². The van der Waals surface area contributed by atoms with Crippen molar-refractivity contribution in [1.29, 1.82) is 0 Å². The number of nitrogens with one attached hydrogen (secondary N) is 2. The second-order valence-electron chi connectivity index (χ2n) is 4.32. The van der Waals surface area contributed by atoms with E-state index in [9.17, 15) is 4.39 Å². The minimum absolute atomic E-state index is 0. The third kappa shape index (κ3) is 7.64. The Morgan fingerprint density at radius 2 is 2.00 bits per heavy atom. The number of nitrogens with zero attached hydrogens (tertiary/aromatic N) is 1. The van der Waals surface area contributed by atoms with E-state index in [1.165, 1.54) is 12.1 Å². The van der Waals surface area contributed by atoms with Crippen molar-refractivity contribution in [2.45, 2.75) is 26.4 Å². The van der Waals surface area contributed by atoms with Gasteiger partial charge in [0, 0.05) is 19.7 Å². The summed E-state index contributed by atoms with van der Waals surface area (Å²) in [6.45, 7) is 5.94. The average Bonchev–Trinajstić information content (AvgIpc) is 2.38. The van der Waals surface area contributed by atoms with E-state index in [1.54, 1.807) is 19.2 Å². The minimum Gasteiger partial charge on any atom is -0.383 e. The standard InChI is InChI=1S/C14H22FN3O.HI/c1-4-16-14(18-11(2)10-19-3)17-9-12-5-7-13(15)8-6-12;/h5-8,11H,4,9-10H2,1-3H3,(H2,16,17,18);1H. The highest BCUT2D eigenvalue weighted by Gasteiger charge is 2.04. The lowest BCUT2D eigenvalue weighted by Gasteiger charge is -2.16. The fourth-order valence-electron chi connectivity index (χ4n) is 1.61. The fourth-order valence-corrected chi connectivity index (χ4v) is 1.61. The summed E-state index contributed by atoms with van der Waals surface area (Å²) in [5, 5.41) is 6.40. The molecule has 0 spiro atoms. The van der Waals surface area contributed by atoms with E-state index >= 15 is 0 Å². The van der Waals surface area contributed by atoms with Crippen LogP contribution in [0.2, 0.25) is 0 Å². The molecule has 0 saturated carbocycles. The summed E-state index contributed by atoms with van der Waals surface area (Å²) in [4.78, 5) is 4.45. The summed E-state index contributed by atoms with van der Waals surface area (Å²) in [7, 11) is 1.67. The van der Waals surface area contributed by atoms with Crippen LogP contribution in [-0.4, -0.2) is 32.3 Å². The molecule has 0 radical (unpaired) electrons. The Balaban J connectivity index is 0.00000361. The van der Waals surface area contributed by atoms with Crippen LogP contribution in [-0.2, 0) is 11.3 Å². The van der Waals surface area contributed by atoms with Crippen LogP contribution >= 0.6 is 24.0 Å². The molecule has 114 valence electrons. The maximum Gasteiger partial charge on any atom is 0.191 e. The van der Waals surface area contributed by atoms with Gasteiger partial charge in [-0.25, -0.2) is 9.38 Å². The van der Waals surface area contributed by atoms with E-state index in [1.807, 2.05) is 13.8 Å². The number of halogens is 2. The maximum absolute atomic E-state index is 12.8. The molecule has 0 aliphatic heterocycles. The van der Waals surface area contributed by atoms with Gasteiger partial charge in [-0.1, -0.05) is 12.1 Å². The molecule has 2 N–H and O–H groups in total. The zero-order valence-corrected chi connectivity index (χ0v) is 14.5. The molecule has 1 unspecified atom stereocenters. The SMILES string of the molecule is CCNC(=NCc1ccc(F)cc1)NC(C)COC.I. The van der Waals surface area contributed by atoms with Crippen LogP contribution < -0.4 is 10.6 Å². The molecular weight excluding hydrogens is 372 g/mol. The fraction of sp³-hybridized carbons (Fsp3) is 0.500. The van der Waals surface area contributed by atoms with Crippen molar-refractivity contribution < 1.29 is 9.13 Å². The Labute approximate surface area is 137 Å². The van der Waals surface area contributed by atoms with Crippen molar-refractivity contribution >= 4 is 29.9 Å². The second kappa shape index (κ2) is 10.8. The van der Waals surface area contributed by atoms with Crippen molar-refractivity contribution in [1.82, 2.24) is 10.6 Å². The average molecular weight is 395 g/mol. The number of guanidine groups is 1. The molecule has 1 atom stereocenters. The van der Waals surface area contributed by atoms with Gasteiger partial charge in [-0.15, -0.1) is 24.0 Å². The zero-order valence-electron chi connectivity index (χ0n) is 12.1. The summed E-state index contributed by atoms with van der Waals surface area (Å²) < 4.78 is 17.9. The molecule has 0 bridgehead atoms. The van der Waals surface area contributed by atoms with Gasteiger partial charge in [0.15, 0.2) is 5.96 Å². The van der Waals surface area contributed by atoms with Crippen LogP contribution in [0, 0.1) is 5.82 Å². The quantitative estimate of drug-likeness (QED) is 0.442. The van der Waals surface area contributed by atoms with Gasteiger partial charge in [-0.2, -0.15) is 0 Å². The van der Waals surface area contributed by atoms with Gasteiger partial charge >= 0.3 is 0 Å². The first-order valence-corrected chi connectivity index (χ1v) is 6.44. The van der Waals surface area contributed by atoms with Crippen molar-refractivity contribution in [3.8, 4) is 0 Å². The molecule has 0 aliphatic carbocycles. The summed E-state index contributed by atoms with van der Waals surface area (Å²) >= 11 is 0. The van der Waals surface area contributed by atoms with E-state index in [4.69, 9.17) is 4.74 Å². The van der Waals surface area contributed by atoms with Crippen molar-refractivity contribution in [3.63, 3.8) is 0 Å². The topological polar surface area (TPSA) is 45.7 Å². The molecule has 20 heavy (non-hydrogen) atoms. The molecule has 0 amide bonds. The van der Waals surface area contributed by atoms with E-state index in [0.29, 0.717) is 13.2 Å². The van der Waals surface area contributed by atoms with Gasteiger partial charge in [0.05, 0.1) is 13.2 Å². The maximum atomic E-state index is 12.8. The van der Waals surface area contributed by atoms with E-state index in [0.717, 1.165) is 18.1 Å². The number of benzene rings is 1. The Kier molecular flexibility index (Phi) is 10.4. The van der Waals surface area contributed by atoms with E-state index < -0.39 is 0 Å². The molecule has 0 heterocycles. The zero-order chi connectivity index (χ0) is 14.1. The highest BCUT2D eigenvalue weighted by Crippen LogP contribution is 2.03. The summed E-state index contributed by atoms with van der Waals surface area (Å²) in [5.41, 5.74) is 0.970. The third-order valence-electron chi connectivity index (χ3n) is 2.48. The van der Waals surface area contributed by atoms with Crippen LogP contribution in [0.15, 0.2) is 29.3 Å². The number of methoxy groups -OCH3 is 1. The number of rotatable bonds is 6. The first kappa shape index (κ1) is 19.1. The molecule has 0 fully saturated rings. The van der Waals surface area contributed by atoms with Gasteiger partial charge in [0.25, 0.3) is 0 Å². The molecule has 0 aromatic heterocycles. The molecule has 1 rings (SSSR count). The molecule has 1 aromatic rings. The second-order valence-corrected chi connectivity index (χ2v) is 4.32. The van der Waals surface area contributed by atoms with E-state index in [-0.39, 0.29) is 35.8 Å². The normalized spacial score (nSPS) is 12.5. The molecule has 1 aromatic carbocycles. The van der Waals surface area contributed by atoms with Gasteiger partial charge < -0.3 is 15.4 Å². The number of hydrogen-bond acceptors (Lipinski definition) is 2. The van der Waals surface area contributed by atoms with Crippen LogP contribution in [0.5, 0.6) is 0 Å². The first-order valence-electron chi connectivity index (χ1n) is 6.44. The first-order chi connectivity index (χ1) is 9.15. The monoisotopic (exact) mass is 395 g/mol. The van der Waals surface area contributed by atoms with Crippen LogP contribution in [0.25, 0.3) is 0 Å². The lowest BCUT2D eigenvalue weighted by Crippen LogP contribution is -2.43. The Morgan fingerprint density at radius 3 is 2.55 bits per heavy atom. The molecule has 0 aliphatic rings. The Bertz CT molecular complexity index is 398. The van der Waals surface area contributed by atoms with Gasteiger partial charge in [0.2, 0.25) is 0 Å². The molecular formula is C14H23FIN3O. The Hall–Kier alpha value is -0.890. The lowest BCUT2D eigenvalue weighted by atomic mass is 10.2. The number of aliphatic imine (C=N–C) groups is 1. The lowest BCUT2D eigenvalue weighted by molar-refractivity contribution is 0.179. The number of hydrogen-bond donors (Lipinski definition) is 2. The largest absolute Gasteiger partial charge is 0.383 e. The van der Waals surface area contributed by atoms with Crippen molar-refractivity contribution in [3.05, 3.63) is 35.6 Å². The smallest absolute Gasteiger partial charge is 0.191 e. The summed E-state index contributed by atoms with van der Waals surface area (Å²) in [6.07, 6.45) is 0. The van der Waals surface area contributed by atoms with Crippen molar-refractivity contribution in [2.24, 2.45) is 4.99 Å². The third-order valence-corrected chi connectivity index (χ3v) is 2.48. The molecule has 6 heteroatoms. The Morgan fingerprint density at radius 1 is 1.35 bits per heavy atom. The highest BCUT2D eigenvalue weighted by molar-refractivity contribution is 14.0. The predicted octanol–water partition coefficient (Wildman–Crippen LogP) is 2.53.